The highest BCUT2D eigenvalue weighted by molar-refractivity contribution is 5.94. The minimum absolute atomic E-state index is 0.0797. The van der Waals surface area contributed by atoms with E-state index >= 15 is 0 Å². The highest BCUT2D eigenvalue weighted by Crippen LogP contribution is 2.11. The van der Waals surface area contributed by atoms with E-state index in [1.165, 1.54) is 70.3 Å². The van der Waals surface area contributed by atoms with Crippen LogP contribution in [0.4, 0.5) is 0 Å². The average Bonchev–Trinajstić information content (AvgIpc) is 2.62. The largest absolute Gasteiger partial charge is 0.449 e. The minimum Gasteiger partial charge on any atom is -0.449 e. The molecule has 0 aromatic carbocycles. The van der Waals surface area contributed by atoms with Crippen molar-refractivity contribution in [1.29, 1.82) is 0 Å². The third-order valence-electron chi connectivity index (χ3n) is 4.00. The molecule has 0 aliphatic rings. The van der Waals surface area contributed by atoms with Crippen LogP contribution in [0.3, 0.4) is 0 Å². The Hall–Kier alpha value is -1.76. The standard InChI is InChI=1S/C21H35NO3/c1-3-5-6-7-8-9-10-11-12-13-14-15-18-22-20(23)16-17-21(24)25-19-4-2/h2,16-17H,3,5-15,18-19H2,1H3,(H,22,23)/b17-16+. The first-order chi connectivity index (χ1) is 12.2. The summed E-state index contributed by atoms with van der Waals surface area (Å²) < 4.78 is 4.62. The highest BCUT2D eigenvalue weighted by Gasteiger charge is 1.99. The van der Waals surface area contributed by atoms with Gasteiger partial charge in [0.05, 0.1) is 0 Å². The van der Waals surface area contributed by atoms with Gasteiger partial charge in [0.2, 0.25) is 5.91 Å². The van der Waals surface area contributed by atoms with E-state index < -0.39 is 5.97 Å². The third kappa shape index (κ3) is 18.4. The smallest absolute Gasteiger partial charge is 0.331 e. The topological polar surface area (TPSA) is 55.4 Å². The zero-order valence-corrected chi connectivity index (χ0v) is 15.9. The Morgan fingerprint density at radius 3 is 1.92 bits per heavy atom. The molecule has 1 amide bonds. The van der Waals surface area contributed by atoms with Gasteiger partial charge in [0.25, 0.3) is 0 Å². The molecule has 0 rings (SSSR count). The number of terminal acetylenes is 1. The maximum absolute atomic E-state index is 11.5. The molecule has 1 N–H and O–H groups in total. The predicted octanol–water partition coefficient (Wildman–Crippen LogP) is 4.54. The van der Waals surface area contributed by atoms with Gasteiger partial charge in [-0.25, -0.2) is 4.79 Å². The monoisotopic (exact) mass is 349 g/mol. The maximum Gasteiger partial charge on any atom is 0.331 e. The third-order valence-corrected chi connectivity index (χ3v) is 4.00. The predicted molar refractivity (Wildman–Crippen MR) is 103 cm³/mol. The summed E-state index contributed by atoms with van der Waals surface area (Å²) in [6.07, 6.45) is 22.7. The Labute approximate surface area is 153 Å². The van der Waals surface area contributed by atoms with Gasteiger partial charge >= 0.3 is 5.97 Å². The summed E-state index contributed by atoms with van der Waals surface area (Å²) in [7, 11) is 0. The van der Waals surface area contributed by atoms with Crippen LogP contribution in [-0.2, 0) is 14.3 Å². The van der Waals surface area contributed by atoms with Gasteiger partial charge in [-0.15, -0.1) is 6.42 Å². The van der Waals surface area contributed by atoms with Gasteiger partial charge < -0.3 is 10.1 Å². The van der Waals surface area contributed by atoms with Crippen molar-refractivity contribution in [3.8, 4) is 12.3 Å². The summed E-state index contributed by atoms with van der Waals surface area (Å²) in [6, 6.07) is 0. The van der Waals surface area contributed by atoms with Crippen LogP contribution in [-0.4, -0.2) is 25.0 Å². The molecule has 25 heavy (non-hydrogen) atoms. The van der Waals surface area contributed by atoms with E-state index in [1.807, 2.05) is 0 Å². The van der Waals surface area contributed by atoms with Gasteiger partial charge in [-0.05, 0) is 6.42 Å². The Morgan fingerprint density at radius 2 is 1.40 bits per heavy atom. The quantitative estimate of drug-likeness (QED) is 0.193. The van der Waals surface area contributed by atoms with Gasteiger partial charge in [-0.2, -0.15) is 0 Å². The van der Waals surface area contributed by atoms with E-state index in [2.05, 4.69) is 22.9 Å². The molecule has 0 heterocycles. The molecule has 0 aromatic rings. The second kappa shape index (κ2) is 18.6. The molecule has 4 heteroatoms. The van der Waals surface area contributed by atoms with E-state index in [0.29, 0.717) is 6.54 Å². The molecule has 0 aliphatic carbocycles. The van der Waals surface area contributed by atoms with Crippen LogP contribution in [0.25, 0.3) is 0 Å². The number of hydrogen-bond acceptors (Lipinski definition) is 3. The highest BCUT2D eigenvalue weighted by atomic mass is 16.5. The number of carbonyl (C=O) groups excluding carboxylic acids is 2. The molecule has 0 atom stereocenters. The van der Waals surface area contributed by atoms with Crippen LogP contribution in [0, 0.1) is 12.3 Å². The summed E-state index contributed by atoms with van der Waals surface area (Å²) >= 11 is 0. The lowest BCUT2D eigenvalue weighted by Crippen LogP contribution is -2.22. The van der Waals surface area contributed by atoms with Crippen molar-refractivity contribution < 1.29 is 14.3 Å². The van der Waals surface area contributed by atoms with Gasteiger partial charge in [0, 0.05) is 18.7 Å². The van der Waals surface area contributed by atoms with Crippen LogP contribution in [0.2, 0.25) is 0 Å². The lowest BCUT2D eigenvalue weighted by Gasteiger charge is -2.04. The molecule has 0 aromatic heterocycles. The number of esters is 1. The van der Waals surface area contributed by atoms with Crippen molar-refractivity contribution in [3.05, 3.63) is 12.2 Å². The molecule has 0 bridgehead atoms. The molecule has 0 saturated heterocycles. The number of nitrogens with one attached hydrogen (secondary N) is 1. The van der Waals surface area contributed by atoms with Crippen molar-refractivity contribution in [2.24, 2.45) is 0 Å². The Morgan fingerprint density at radius 1 is 0.880 bits per heavy atom. The maximum atomic E-state index is 11.5. The number of amides is 1. The van der Waals surface area contributed by atoms with Crippen LogP contribution in [0.1, 0.15) is 84.0 Å². The number of unbranched alkanes of at least 4 members (excludes halogenated alkanes) is 11. The van der Waals surface area contributed by atoms with E-state index in [0.717, 1.165) is 18.9 Å². The second-order valence-corrected chi connectivity index (χ2v) is 6.33. The van der Waals surface area contributed by atoms with E-state index in [4.69, 9.17) is 6.42 Å². The SMILES string of the molecule is C#CCOC(=O)/C=C/C(=O)NCCCCCCCCCCCCCC. The molecular formula is C21H35NO3. The Kier molecular flexibility index (Phi) is 17.3. The molecule has 4 nitrogen and oxygen atoms in total. The van der Waals surface area contributed by atoms with Crippen LogP contribution < -0.4 is 5.32 Å². The fourth-order valence-electron chi connectivity index (χ4n) is 2.54. The van der Waals surface area contributed by atoms with Gasteiger partial charge in [-0.1, -0.05) is 83.5 Å². The molecule has 142 valence electrons. The average molecular weight is 350 g/mol. The number of carbonyl (C=O) groups is 2. The van der Waals surface area contributed by atoms with Gasteiger partial charge in [-0.3, -0.25) is 4.79 Å². The molecule has 0 unspecified atom stereocenters. The number of hydrogen-bond donors (Lipinski definition) is 1. The van der Waals surface area contributed by atoms with Crippen molar-refractivity contribution >= 4 is 11.9 Å². The lowest BCUT2D eigenvalue weighted by molar-refractivity contribution is -0.136. The van der Waals surface area contributed by atoms with Crippen molar-refractivity contribution in [2.45, 2.75) is 84.0 Å². The molecular weight excluding hydrogens is 314 g/mol. The summed E-state index contributed by atoms with van der Waals surface area (Å²) in [6.45, 7) is 2.81. The van der Waals surface area contributed by atoms with Crippen molar-refractivity contribution in [2.75, 3.05) is 13.2 Å². The number of ether oxygens (including phenoxy) is 1. The van der Waals surface area contributed by atoms with Gasteiger partial charge in [0.1, 0.15) is 0 Å². The summed E-state index contributed by atoms with van der Waals surface area (Å²) in [5.41, 5.74) is 0. The fourth-order valence-corrected chi connectivity index (χ4v) is 2.54. The van der Waals surface area contributed by atoms with Crippen molar-refractivity contribution in [3.63, 3.8) is 0 Å². The zero-order valence-electron chi connectivity index (χ0n) is 15.9. The zero-order chi connectivity index (χ0) is 18.6. The van der Waals surface area contributed by atoms with E-state index in [9.17, 15) is 9.59 Å². The molecule has 0 spiro atoms. The van der Waals surface area contributed by atoms with Crippen LogP contribution in [0.15, 0.2) is 12.2 Å². The normalized spacial score (nSPS) is 10.6. The Balaban J connectivity index is 3.32. The number of rotatable bonds is 16. The van der Waals surface area contributed by atoms with E-state index in [-0.39, 0.29) is 12.5 Å². The van der Waals surface area contributed by atoms with E-state index in [1.54, 1.807) is 0 Å². The minimum atomic E-state index is -0.599. The Bertz CT molecular complexity index is 410. The fraction of sp³-hybridized carbons (Fsp3) is 0.714. The summed E-state index contributed by atoms with van der Waals surface area (Å²) in [4.78, 5) is 22.6. The first-order valence-electron chi connectivity index (χ1n) is 9.76. The van der Waals surface area contributed by atoms with Gasteiger partial charge in [0.15, 0.2) is 6.61 Å². The lowest BCUT2D eigenvalue weighted by atomic mass is 10.1. The summed E-state index contributed by atoms with van der Waals surface area (Å²) in [5.74, 6) is 1.31. The molecule has 0 saturated carbocycles. The molecule has 0 radical (unpaired) electrons. The summed E-state index contributed by atoms with van der Waals surface area (Å²) in [5, 5.41) is 2.76. The van der Waals surface area contributed by atoms with Crippen molar-refractivity contribution in [1.82, 2.24) is 5.32 Å². The first kappa shape index (κ1) is 23.2. The molecule has 0 fully saturated rings. The first-order valence-corrected chi connectivity index (χ1v) is 9.76. The second-order valence-electron chi connectivity index (χ2n) is 6.33. The van der Waals surface area contributed by atoms with Crippen LogP contribution in [0.5, 0.6) is 0 Å². The molecule has 0 aliphatic heterocycles. The van der Waals surface area contributed by atoms with Crippen LogP contribution >= 0.6 is 0 Å².